The molecule has 2 aliphatic heterocycles. The fraction of sp³-hybridized carbons (Fsp3) is 0.136. The van der Waals surface area contributed by atoms with E-state index in [2.05, 4.69) is 168 Å². The van der Waals surface area contributed by atoms with Gasteiger partial charge in [-0.15, -0.1) is 0 Å². The molecule has 6 aliphatic carbocycles. The van der Waals surface area contributed by atoms with Gasteiger partial charge in [0.2, 0.25) is 0 Å². The van der Waals surface area contributed by atoms with Gasteiger partial charge in [-0.3, -0.25) is 0 Å². The van der Waals surface area contributed by atoms with Crippen molar-refractivity contribution in [1.82, 2.24) is 20.6 Å². The Labute approximate surface area is 387 Å². The zero-order chi connectivity index (χ0) is 44.3. The van der Waals surface area contributed by atoms with Crippen LogP contribution in [0.5, 0.6) is 0 Å². The van der Waals surface area contributed by atoms with Crippen molar-refractivity contribution in [3.8, 4) is 11.4 Å². The SMILES string of the molecule is COC1=C(C2C=CC3=C4C(=CC=CC42)NC(=c2ccc4nc(-c5ccc6c(c5)C=CCC6)nc5c4c2=CC=CC5)N3)C(O)=C1c1ccc2c3c(cccc13)NC(c1ccc3c(c1)C=CCC3)=N2. The molecule has 3 heterocycles. The predicted octanol–water partition coefficient (Wildman–Crippen LogP) is 10.4. The van der Waals surface area contributed by atoms with Crippen LogP contribution >= 0.6 is 0 Å². The lowest BCUT2D eigenvalue weighted by atomic mass is 9.69. The van der Waals surface area contributed by atoms with Gasteiger partial charge >= 0.3 is 0 Å². The van der Waals surface area contributed by atoms with E-state index in [1.807, 2.05) is 0 Å². The molecular weight excluding hydrogens is 825 g/mol. The fourth-order valence-corrected chi connectivity index (χ4v) is 11.5. The summed E-state index contributed by atoms with van der Waals surface area (Å²) in [6.45, 7) is 0. The Balaban J connectivity index is 0.793. The Bertz CT molecular complexity index is 3760. The summed E-state index contributed by atoms with van der Waals surface area (Å²) in [4.78, 5) is 15.5. The van der Waals surface area contributed by atoms with Gasteiger partial charge in [0.05, 0.1) is 29.6 Å². The summed E-state index contributed by atoms with van der Waals surface area (Å²) in [5, 5.41) is 28.7. The lowest BCUT2D eigenvalue weighted by molar-refractivity contribution is 0.276. The van der Waals surface area contributed by atoms with Crippen molar-refractivity contribution in [3.63, 3.8) is 0 Å². The Morgan fingerprint density at radius 1 is 0.716 bits per heavy atom. The fourth-order valence-electron chi connectivity index (χ4n) is 11.5. The van der Waals surface area contributed by atoms with Crippen LogP contribution in [-0.2, 0) is 24.0 Å². The summed E-state index contributed by atoms with van der Waals surface area (Å²) in [6.07, 6.45) is 31.3. The van der Waals surface area contributed by atoms with Crippen LogP contribution in [0.15, 0.2) is 173 Å². The molecule has 0 radical (unpaired) electrons. The number of aromatic nitrogens is 2. The van der Waals surface area contributed by atoms with Gasteiger partial charge in [0.1, 0.15) is 23.2 Å². The molecule has 4 N–H and O–H groups in total. The highest BCUT2D eigenvalue weighted by Crippen LogP contribution is 2.53. The number of ether oxygens (including phenoxy) is 1. The molecule has 8 aliphatic rings. The number of anilines is 1. The van der Waals surface area contributed by atoms with E-state index in [1.54, 1.807) is 7.11 Å². The Morgan fingerprint density at radius 2 is 1.54 bits per heavy atom. The van der Waals surface area contributed by atoms with Crippen LogP contribution in [-0.4, -0.2) is 28.0 Å². The minimum Gasteiger partial charge on any atom is -0.507 e. The summed E-state index contributed by atoms with van der Waals surface area (Å²) in [5.74, 6) is 3.28. The van der Waals surface area contributed by atoms with E-state index in [-0.39, 0.29) is 17.6 Å². The molecule has 14 rings (SSSR count). The topological polar surface area (TPSA) is 104 Å². The molecule has 0 spiro atoms. The number of nitrogens with one attached hydrogen (secondary N) is 3. The zero-order valence-electron chi connectivity index (χ0n) is 36.8. The van der Waals surface area contributed by atoms with Crippen molar-refractivity contribution in [2.75, 3.05) is 12.4 Å². The smallest absolute Gasteiger partial charge is 0.160 e. The van der Waals surface area contributed by atoms with Gasteiger partial charge in [-0.1, -0.05) is 103 Å². The number of hydrogen-bond donors (Lipinski definition) is 4. The van der Waals surface area contributed by atoms with Gasteiger partial charge in [0.25, 0.3) is 0 Å². The number of allylic oxidation sites excluding steroid dienone is 12. The number of aryl methyl sites for hydroxylation is 2. The van der Waals surface area contributed by atoms with Crippen LogP contribution in [0.3, 0.4) is 0 Å². The van der Waals surface area contributed by atoms with Crippen LogP contribution in [0.1, 0.15) is 51.9 Å². The second-order valence-corrected chi connectivity index (χ2v) is 18.4. The van der Waals surface area contributed by atoms with E-state index in [9.17, 15) is 5.11 Å². The molecular formula is C59H44N6O2. The van der Waals surface area contributed by atoms with E-state index in [0.717, 1.165) is 144 Å². The van der Waals surface area contributed by atoms with Crippen molar-refractivity contribution in [2.45, 2.75) is 32.1 Å². The highest BCUT2D eigenvalue weighted by Gasteiger charge is 2.43. The first-order valence-corrected chi connectivity index (χ1v) is 23.4. The first kappa shape index (κ1) is 38.1. The molecule has 0 saturated carbocycles. The Morgan fingerprint density at radius 3 is 2.39 bits per heavy atom. The largest absolute Gasteiger partial charge is 0.507 e. The van der Waals surface area contributed by atoms with Crippen molar-refractivity contribution in [2.24, 2.45) is 16.8 Å². The third-order valence-corrected chi connectivity index (χ3v) is 14.7. The first-order chi connectivity index (χ1) is 33.1. The number of hydrogen-bond acceptors (Lipinski definition) is 8. The molecule has 67 heavy (non-hydrogen) atoms. The standard InChI is InChI=1S/C59H44N6O2/c1-67-56-53(41-24-27-47-50-38(41)15-8-18-45(50)61-58(62-47)37-23-21-33-11-3-5-13-35(33)31-37)55(66)54(56)42-25-28-49-51-39(42)16-9-19-46(51)64-59(65-49)43-26-29-48-52-40(43)14-6-7-17-44(52)60-57(63-48)36-22-20-32-10-2-4-12-34(32)30-36/h4-9,12-16,18-31,39,42,64-66H,2-3,10-11,17H2,1H3,(H,61,62). The van der Waals surface area contributed by atoms with E-state index in [0.29, 0.717) is 5.76 Å². The number of aliphatic hydroxyl groups is 1. The second-order valence-electron chi connectivity index (χ2n) is 18.4. The Kier molecular flexibility index (Phi) is 8.32. The van der Waals surface area contributed by atoms with Crippen molar-refractivity contribution in [3.05, 3.63) is 217 Å². The minimum atomic E-state index is -0.147. The molecule has 2 unspecified atom stereocenters. The summed E-state index contributed by atoms with van der Waals surface area (Å²) in [6, 6.07) is 28.0. The molecule has 5 aromatic carbocycles. The number of aliphatic hydroxyl groups excluding tert-OH is 1. The lowest BCUT2D eigenvalue weighted by Gasteiger charge is -2.41. The van der Waals surface area contributed by atoms with Crippen LogP contribution in [0.2, 0.25) is 0 Å². The van der Waals surface area contributed by atoms with Crippen molar-refractivity contribution >= 4 is 68.5 Å². The normalized spacial score (nSPS) is 21.0. The molecule has 0 amide bonds. The van der Waals surface area contributed by atoms with Crippen molar-refractivity contribution < 1.29 is 9.84 Å². The molecule has 6 aromatic rings. The predicted molar refractivity (Wildman–Crippen MR) is 270 cm³/mol. The van der Waals surface area contributed by atoms with E-state index in [1.165, 1.54) is 22.3 Å². The summed E-state index contributed by atoms with van der Waals surface area (Å²) in [5.41, 5.74) is 16.9. The quantitative estimate of drug-likeness (QED) is 0.137. The zero-order valence-corrected chi connectivity index (χ0v) is 36.8. The van der Waals surface area contributed by atoms with Gasteiger partial charge in [-0.25, -0.2) is 15.0 Å². The van der Waals surface area contributed by atoms with Crippen LogP contribution in [0.25, 0.3) is 62.7 Å². The van der Waals surface area contributed by atoms with Crippen molar-refractivity contribution in [1.29, 1.82) is 0 Å². The molecule has 1 aromatic heterocycles. The Hall–Kier alpha value is -8.23. The van der Waals surface area contributed by atoms with Gasteiger partial charge in [0, 0.05) is 73.6 Å². The minimum absolute atomic E-state index is 0.0390. The maximum absolute atomic E-state index is 12.2. The third kappa shape index (κ3) is 5.82. The number of benzene rings is 5. The monoisotopic (exact) mass is 868 g/mol. The molecule has 8 nitrogen and oxygen atoms in total. The third-order valence-electron chi connectivity index (χ3n) is 14.7. The van der Waals surface area contributed by atoms with Gasteiger partial charge < -0.3 is 25.8 Å². The van der Waals surface area contributed by atoms with Crippen LogP contribution in [0.4, 0.5) is 11.4 Å². The van der Waals surface area contributed by atoms with E-state index in [4.69, 9.17) is 19.7 Å². The number of nitrogens with zero attached hydrogens (tertiary/aromatic N) is 3. The number of amidine groups is 1. The first-order valence-electron chi connectivity index (χ1n) is 23.4. The molecule has 0 fully saturated rings. The molecule has 322 valence electrons. The summed E-state index contributed by atoms with van der Waals surface area (Å²) >= 11 is 0. The van der Waals surface area contributed by atoms with Gasteiger partial charge in [-0.2, -0.15) is 0 Å². The second kappa shape index (κ2) is 14.6. The lowest BCUT2D eigenvalue weighted by Crippen LogP contribution is -2.44. The van der Waals surface area contributed by atoms with E-state index < -0.39 is 0 Å². The van der Waals surface area contributed by atoms with E-state index >= 15 is 0 Å². The van der Waals surface area contributed by atoms with Crippen LogP contribution in [0, 0.1) is 11.8 Å². The highest BCUT2D eigenvalue weighted by molar-refractivity contribution is 6.21. The van der Waals surface area contributed by atoms with Gasteiger partial charge in [-0.05, 0) is 113 Å². The summed E-state index contributed by atoms with van der Waals surface area (Å²) in [7, 11) is 1.70. The summed E-state index contributed by atoms with van der Waals surface area (Å²) < 4.78 is 6.22. The highest BCUT2D eigenvalue weighted by atomic mass is 16.5. The maximum atomic E-state index is 12.2. The van der Waals surface area contributed by atoms with Gasteiger partial charge in [0.15, 0.2) is 5.82 Å². The molecule has 0 saturated heterocycles. The molecule has 0 bridgehead atoms. The molecule has 2 atom stereocenters. The number of rotatable bonds is 5. The maximum Gasteiger partial charge on any atom is 0.160 e. The average molecular weight is 869 g/mol. The average Bonchev–Trinajstić information content (AvgIpc) is 3.60. The number of methoxy groups -OCH3 is 1. The number of aliphatic imine (C=N–C) groups is 1. The van der Waals surface area contributed by atoms with Crippen LogP contribution < -0.4 is 26.4 Å². The number of fused-ring (bicyclic) bond motifs is 2. The molecule has 8 heteroatoms.